The first-order valence-electron chi connectivity index (χ1n) is 8.57. The molecular weight excluding hydrogens is 460 g/mol. The number of nitrogens with zero attached hydrogens (tertiary/aromatic N) is 1. The number of nitrogens with one attached hydrogen (secondary N) is 1. The van der Waals surface area contributed by atoms with E-state index in [0.29, 0.717) is 38.7 Å². The lowest BCUT2D eigenvalue weighted by atomic mass is 10.2. The fraction of sp³-hybridized carbons (Fsp3) is 0.143. The fourth-order valence-electron chi connectivity index (χ4n) is 2.53. The predicted molar refractivity (Wildman–Crippen MR) is 116 cm³/mol. The van der Waals surface area contributed by atoms with Crippen molar-refractivity contribution in [2.75, 3.05) is 13.2 Å². The number of hydrogen-bond acceptors (Lipinski definition) is 5. The first kappa shape index (κ1) is 20.8. The normalized spacial score (nSPS) is 10.8. The number of hydrogen-bond donors (Lipinski definition) is 1. The van der Waals surface area contributed by atoms with Gasteiger partial charge in [-0.1, -0.05) is 17.5 Å². The van der Waals surface area contributed by atoms with E-state index >= 15 is 0 Å². The van der Waals surface area contributed by atoms with Crippen molar-refractivity contribution in [3.63, 3.8) is 0 Å². The van der Waals surface area contributed by atoms with Gasteiger partial charge in [-0.2, -0.15) is 5.10 Å². The van der Waals surface area contributed by atoms with Crippen LogP contribution in [0.15, 0.2) is 50.4 Å². The molecule has 0 atom stereocenters. The van der Waals surface area contributed by atoms with Crippen molar-refractivity contribution < 1.29 is 18.7 Å². The van der Waals surface area contributed by atoms with Gasteiger partial charge in [-0.05, 0) is 64.8 Å². The third-order valence-corrected chi connectivity index (χ3v) is 4.54. The van der Waals surface area contributed by atoms with Crippen molar-refractivity contribution in [2.24, 2.45) is 5.10 Å². The lowest BCUT2D eigenvalue weighted by molar-refractivity contribution is 0.0929. The van der Waals surface area contributed by atoms with E-state index in [1.807, 2.05) is 6.92 Å². The Morgan fingerprint density at radius 2 is 2.17 bits per heavy atom. The highest BCUT2D eigenvalue weighted by Gasteiger charge is 2.13. The summed E-state index contributed by atoms with van der Waals surface area (Å²) in [6.45, 7) is 2.43. The maximum atomic E-state index is 12.3. The van der Waals surface area contributed by atoms with Gasteiger partial charge >= 0.3 is 5.91 Å². The second kappa shape index (κ2) is 9.50. The average Bonchev–Trinajstić information content (AvgIpc) is 3.11. The predicted octanol–water partition coefficient (Wildman–Crippen LogP) is 5.02. The number of carbonyl (C=O) groups excluding carboxylic acids is 1. The van der Waals surface area contributed by atoms with Gasteiger partial charge in [0.1, 0.15) is 12.2 Å². The van der Waals surface area contributed by atoms with Crippen LogP contribution in [0.5, 0.6) is 11.5 Å². The number of terminal acetylenes is 1. The molecule has 1 N–H and O–H groups in total. The van der Waals surface area contributed by atoms with E-state index in [-0.39, 0.29) is 12.4 Å². The van der Waals surface area contributed by atoms with E-state index in [4.69, 9.17) is 31.9 Å². The van der Waals surface area contributed by atoms with Gasteiger partial charge in [-0.25, -0.2) is 5.43 Å². The molecule has 148 valence electrons. The zero-order valence-corrected chi connectivity index (χ0v) is 17.7. The number of hydrazone groups is 1. The minimum Gasteiger partial charge on any atom is -0.490 e. The second-order valence-electron chi connectivity index (χ2n) is 5.75. The second-order valence-corrected chi connectivity index (χ2v) is 7.04. The zero-order chi connectivity index (χ0) is 20.8. The number of ether oxygens (including phenoxy) is 2. The molecule has 0 fully saturated rings. The molecule has 8 heteroatoms. The summed E-state index contributed by atoms with van der Waals surface area (Å²) in [6, 6.07) is 10.2. The lowest BCUT2D eigenvalue weighted by Crippen LogP contribution is -2.16. The van der Waals surface area contributed by atoms with Crippen molar-refractivity contribution in [3.8, 4) is 23.8 Å². The van der Waals surface area contributed by atoms with E-state index in [1.54, 1.807) is 36.4 Å². The summed E-state index contributed by atoms with van der Waals surface area (Å²) in [4.78, 5) is 12.3. The number of furan rings is 1. The number of amides is 1. The van der Waals surface area contributed by atoms with Crippen LogP contribution in [-0.4, -0.2) is 25.3 Å². The Balaban J connectivity index is 1.74. The molecule has 0 unspecified atom stereocenters. The molecule has 0 aliphatic rings. The number of benzene rings is 2. The van der Waals surface area contributed by atoms with Gasteiger partial charge in [0, 0.05) is 10.4 Å². The highest BCUT2D eigenvalue weighted by molar-refractivity contribution is 9.10. The standard InChI is InChI=1S/C21H16BrClN2O4/c1-3-7-28-20-16(22)8-13(9-18(20)27-4-2)12-24-25-21(26)19-11-14-10-15(23)5-6-17(14)29-19/h1,5-6,8-12H,4,7H2,2H3,(H,25,26)/b24-12+. The summed E-state index contributed by atoms with van der Waals surface area (Å²) in [5, 5.41) is 5.28. The molecule has 0 saturated heterocycles. The van der Waals surface area contributed by atoms with Crippen LogP contribution in [0.25, 0.3) is 11.0 Å². The first-order chi connectivity index (χ1) is 14.0. The van der Waals surface area contributed by atoms with Crippen LogP contribution in [0.2, 0.25) is 5.02 Å². The molecule has 3 aromatic rings. The lowest BCUT2D eigenvalue weighted by Gasteiger charge is -2.13. The topological polar surface area (TPSA) is 73.1 Å². The van der Waals surface area contributed by atoms with E-state index < -0.39 is 5.91 Å². The summed E-state index contributed by atoms with van der Waals surface area (Å²) < 4.78 is 17.3. The van der Waals surface area contributed by atoms with Gasteiger partial charge < -0.3 is 13.9 Å². The Kier molecular flexibility index (Phi) is 6.81. The molecule has 0 bridgehead atoms. The number of carbonyl (C=O) groups is 1. The third-order valence-electron chi connectivity index (χ3n) is 3.71. The zero-order valence-electron chi connectivity index (χ0n) is 15.4. The smallest absolute Gasteiger partial charge is 0.307 e. The van der Waals surface area contributed by atoms with Gasteiger partial charge in [0.25, 0.3) is 0 Å². The maximum Gasteiger partial charge on any atom is 0.307 e. The molecule has 1 heterocycles. The van der Waals surface area contributed by atoms with Gasteiger partial charge in [0.05, 0.1) is 17.3 Å². The van der Waals surface area contributed by atoms with Crippen molar-refractivity contribution in [2.45, 2.75) is 6.92 Å². The van der Waals surface area contributed by atoms with Crippen LogP contribution in [0.1, 0.15) is 23.0 Å². The number of rotatable bonds is 7. The Labute approximate surface area is 180 Å². The Hall–Kier alpha value is -2.95. The molecule has 1 aromatic heterocycles. The van der Waals surface area contributed by atoms with Gasteiger partial charge in [0.15, 0.2) is 17.3 Å². The maximum absolute atomic E-state index is 12.3. The van der Waals surface area contributed by atoms with Crippen LogP contribution in [0, 0.1) is 12.3 Å². The minimum atomic E-state index is -0.480. The fourth-order valence-corrected chi connectivity index (χ4v) is 3.28. The van der Waals surface area contributed by atoms with E-state index in [9.17, 15) is 4.79 Å². The minimum absolute atomic E-state index is 0.116. The molecule has 0 aliphatic carbocycles. The monoisotopic (exact) mass is 474 g/mol. The molecule has 2 aromatic carbocycles. The number of fused-ring (bicyclic) bond motifs is 1. The molecule has 3 rings (SSSR count). The van der Waals surface area contributed by atoms with Gasteiger partial charge in [-0.15, -0.1) is 6.42 Å². The third kappa shape index (κ3) is 5.11. The Morgan fingerprint density at radius 3 is 2.93 bits per heavy atom. The van der Waals surface area contributed by atoms with Crippen LogP contribution in [0.3, 0.4) is 0 Å². The largest absolute Gasteiger partial charge is 0.490 e. The van der Waals surface area contributed by atoms with E-state index in [0.717, 1.165) is 5.39 Å². The van der Waals surface area contributed by atoms with Crippen molar-refractivity contribution in [1.82, 2.24) is 5.43 Å². The summed E-state index contributed by atoms with van der Waals surface area (Å²) >= 11 is 9.38. The molecule has 6 nitrogen and oxygen atoms in total. The molecule has 0 spiro atoms. The van der Waals surface area contributed by atoms with Crippen molar-refractivity contribution in [1.29, 1.82) is 0 Å². The average molecular weight is 476 g/mol. The van der Waals surface area contributed by atoms with Crippen LogP contribution in [0.4, 0.5) is 0 Å². The summed E-state index contributed by atoms with van der Waals surface area (Å²) in [5.41, 5.74) is 3.68. The molecule has 1 amide bonds. The molecule has 0 saturated carbocycles. The van der Waals surface area contributed by atoms with Gasteiger partial charge in [0.2, 0.25) is 0 Å². The Bertz CT molecular complexity index is 1120. The first-order valence-corrected chi connectivity index (χ1v) is 9.74. The van der Waals surface area contributed by atoms with Gasteiger partial charge in [-0.3, -0.25) is 4.79 Å². The summed E-state index contributed by atoms with van der Waals surface area (Å²) in [5.74, 6) is 3.09. The van der Waals surface area contributed by atoms with Crippen LogP contribution >= 0.6 is 27.5 Å². The number of halogens is 2. The Morgan fingerprint density at radius 1 is 1.34 bits per heavy atom. The van der Waals surface area contributed by atoms with E-state index in [2.05, 4.69) is 32.4 Å². The molecular formula is C21H16BrClN2O4. The van der Waals surface area contributed by atoms with Crippen LogP contribution < -0.4 is 14.9 Å². The highest BCUT2D eigenvalue weighted by atomic mass is 79.9. The van der Waals surface area contributed by atoms with Crippen molar-refractivity contribution >= 4 is 50.6 Å². The molecule has 0 aliphatic heterocycles. The van der Waals surface area contributed by atoms with E-state index in [1.165, 1.54) is 6.21 Å². The van der Waals surface area contributed by atoms with Crippen molar-refractivity contribution in [3.05, 3.63) is 57.2 Å². The SMILES string of the molecule is C#CCOc1c(Br)cc(/C=N/NC(=O)c2cc3cc(Cl)ccc3o2)cc1OCC. The quantitative estimate of drug-likeness (QED) is 0.296. The highest BCUT2D eigenvalue weighted by Crippen LogP contribution is 2.36. The summed E-state index contributed by atoms with van der Waals surface area (Å²) in [7, 11) is 0. The molecule has 0 radical (unpaired) electrons. The molecule has 29 heavy (non-hydrogen) atoms. The van der Waals surface area contributed by atoms with Crippen LogP contribution in [-0.2, 0) is 0 Å². The summed E-state index contributed by atoms with van der Waals surface area (Å²) in [6.07, 6.45) is 6.73.